The number of rotatable bonds is 5. The van der Waals surface area contributed by atoms with Crippen LogP contribution in [-0.2, 0) is 4.74 Å². The molecule has 3 aromatic rings. The third kappa shape index (κ3) is 3.52. The van der Waals surface area contributed by atoms with Crippen molar-refractivity contribution in [3.63, 3.8) is 0 Å². The molecule has 0 saturated carbocycles. The second-order valence-electron chi connectivity index (χ2n) is 5.05. The molecular formula is C19H17NO2S2. The lowest BCUT2D eigenvalue weighted by molar-refractivity contribution is 0.0533. The van der Waals surface area contributed by atoms with Crippen LogP contribution in [0.3, 0.4) is 0 Å². The lowest BCUT2D eigenvalue weighted by atomic mass is 10.0. The largest absolute Gasteiger partial charge is 0.462 e. The Morgan fingerprint density at radius 2 is 1.92 bits per heavy atom. The molecule has 2 heterocycles. The molecule has 3 rings (SSSR count). The molecule has 0 saturated heterocycles. The van der Waals surface area contributed by atoms with Crippen molar-refractivity contribution in [2.75, 3.05) is 12.9 Å². The molecule has 0 aliphatic rings. The average molecular weight is 355 g/mol. The van der Waals surface area contributed by atoms with Crippen LogP contribution < -0.4 is 0 Å². The van der Waals surface area contributed by atoms with Gasteiger partial charge in [0.15, 0.2) is 0 Å². The van der Waals surface area contributed by atoms with E-state index in [1.54, 1.807) is 18.0 Å². The molecule has 1 aromatic carbocycles. The smallest absolute Gasteiger partial charge is 0.348 e. The number of carbonyl (C=O) groups is 1. The van der Waals surface area contributed by atoms with Gasteiger partial charge < -0.3 is 4.74 Å². The second-order valence-corrected chi connectivity index (χ2v) is 7.21. The number of esters is 1. The predicted octanol–water partition coefficient (Wildman–Crippen LogP) is 5.38. The zero-order valence-electron chi connectivity index (χ0n) is 13.5. The van der Waals surface area contributed by atoms with Crippen LogP contribution in [0.4, 0.5) is 0 Å². The number of aromatic nitrogens is 1. The fraction of sp³-hybridized carbons (Fsp3) is 0.158. The van der Waals surface area contributed by atoms with Crippen LogP contribution in [0, 0.1) is 0 Å². The molecule has 0 aliphatic heterocycles. The third-order valence-electron chi connectivity index (χ3n) is 3.56. The Hall–Kier alpha value is -2.11. The zero-order valence-corrected chi connectivity index (χ0v) is 15.1. The number of nitrogens with zero attached hydrogens (tertiary/aromatic N) is 1. The highest BCUT2D eigenvalue weighted by atomic mass is 32.2. The number of ether oxygens (including phenoxy) is 1. The highest BCUT2D eigenvalue weighted by molar-refractivity contribution is 8.00. The first-order valence-electron chi connectivity index (χ1n) is 7.58. The summed E-state index contributed by atoms with van der Waals surface area (Å²) in [6, 6.07) is 14.2. The van der Waals surface area contributed by atoms with E-state index in [2.05, 4.69) is 23.2 Å². The molecule has 0 N–H and O–H groups in total. The quantitative estimate of drug-likeness (QED) is 0.455. The summed E-state index contributed by atoms with van der Waals surface area (Å²) in [5.74, 6) is -0.255. The van der Waals surface area contributed by atoms with Gasteiger partial charge in [-0.2, -0.15) is 0 Å². The molecule has 0 aliphatic carbocycles. The normalized spacial score (nSPS) is 10.6. The minimum Gasteiger partial charge on any atom is -0.462 e. The summed E-state index contributed by atoms with van der Waals surface area (Å²) in [4.78, 5) is 17.0. The molecule has 0 spiro atoms. The molecule has 0 fully saturated rings. The van der Waals surface area contributed by atoms with Gasteiger partial charge in [-0.25, -0.2) is 4.79 Å². The number of pyridine rings is 1. The van der Waals surface area contributed by atoms with Crippen molar-refractivity contribution in [2.24, 2.45) is 0 Å². The maximum absolute atomic E-state index is 12.2. The van der Waals surface area contributed by atoms with Crippen molar-refractivity contribution in [3.8, 4) is 22.3 Å². The van der Waals surface area contributed by atoms with Gasteiger partial charge in [0.2, 0.25) is 0 Å². The monoisotopic (exact) mass is 355 g/mol. The van der Waals surface area contributed by atoms with E-state index in [0.717, 1.165) is 26.5 Å². The Morgan fingerprint density at radius 1 is 1.17 bits per heavy atom. The minimum atomic E-state index is -0.255. The molecule has 0 radical (unpaired) electrons. The van der Waals surface area contributed by atoms with Crippen LogP contribution >= 0.6 is 23.1 Å². The molecule has 0 unspecified atom stereocenters. The molecule has 2 aromatic heterocycles. The van der Waals surface area contributed by atoms with E-state index in [9.17, 15) is 4.79 Å². The molecular weight excluding hydrogens is 338 g/mol. The first-order valence-corrected chi connectivity index (χ1v) is 9.63. The van der Waals surface area contributed by atoms with Crippen molar-refractivity contribution >= 4 is 29.1 Å². The molecule has 5 heteroatoms. The van der Waals surface area contributed by atoms with Crippen LogP contribution in [0.1, 0.15) is 16.6 Å². The molecule has 24 heavy (non-hydrogen) atoms. The van der Waals surface area contributed by atoms with E-state index in [-0.39, 0.29) is 5.97 Å². The summed E-state index contributed by atoms with van der Waals surface area (Å²) in [5.41, 5.74) is 4.12. The van der Waals surface area contributed by atoms with E-state index in [4.69, 9.17) is 4.74 Å². The van der Waals surface area contributed by atoms with Gasteiger partial charge in [0.25, 0.3) is 0 Å². The fourth-order valence-corrected chi connectivity index (χ4v) is 4.03. The van der Waals surface area contributed by atoms with Crippen molar-refractivity contribution in [1.29, 1.82) is 0 Å². The van der Waals surface area contributed by atoms with Crippen molar-refractivity contribution in [1.82, 2.24) is 4.98 Å². The molecule has 0 atom stereocenters. The minimum absolute atomic E-state index is 0.255. The van der Waals surface area contributed by atoms with Gasteiger partial charge in [-0.3, -0.25) is 4.98 Å². The van der Waals surface area contributed by atoms with E-state index >= 15 is 0 Å². The number of thioether (sulfide) groups is 1. The summed E-state index contributed by atoms with van der Waals surface area (Å²) < 4.78 is 6.30. The van der Waals surface area contributed by atoms with Crippen LogP contribution in [0.15, 0.2) is 59.1 Å². The lowest BCUT2D eigenvalue weighted by Gasteiger charge is -2.06. The summed E-state index contributed by atoms with van der Waals surface area (Å²) in [7, 11) is 0. The Labute approximate surface area is 149 Å². The highest BCUT2D eigenvalue weighted by Crippen LogP contribution is 2.37. The standard InChI is InChI=1S/C19H17NO2S2/c1-3-22-19(21)18-16(11-17(23-2)24-18)14-8-6-13(7-9-14)15-5-4-10-20-12-15/h4-12H,3H2,1-2H3. The zero-order chi connectivity index (χ0) is 16.9. The van der Waals surface area contributed by atoms with E-state index in [1.807, 2.05) is 43.6 Å². The maximum Gasteiger partial charge on any atom is 0.348 e. The lowest BCUT2D eigenvalue weighted by Crippen LogP contribution is -2.03. The van der Waals surface area contributed by atoms with Gasteiger partial charge in [-0.05, 0) is 42.0 Å². The first kappa shape index (κ1) is 16.7. The molecule has 122 valence electrons. The van der Waals surface area contributed by atoms with Gasteiger partial charge in [-0.1, -0.05) is 30.3 Å². The Balaban J connectivity index is 1.97. The summed E-state index contributed by atoms with van der Waals surface area (Å²) in [5, 5.41) is 0. The van der Waals surface area contributed by atoms with Crippen molar-refractivity contribution in [2.45, 2.75) is 11.1 Å². The topological polar surface area (TPSA) is 39.2 Å². The number of benzene rings is 1. The van der Waals surface area contributed by atoms with Crippen molar-refractivity contribution < 1.29 is 9.53 Å². The molecule has 3 nitrogen and oxygen atoms in total. The van der Waals surface area contributed by atoms with Crippen LogP contribution in [0.2, 0.25) is 0 Å². The number of hydrogen-bond donors (Lipinski definition) is 0. The molecule has 0 bridgehead atoms. The van der Waals surface area contributed by atoms with E-state index in [1.165, 1.54) is 11.3 Å². The third-order valence-corrected chi connectivity index (χ3v) is 5.74. The summed E-state index contributed by atoms with van der Waals surface area (Å²) >= 11 is 3.12. The Bertz CT molecular complexity index is 826. The average Bonchev–Trinajstić information content (AvgIpc) is 3.07. The fourth-order valence-electron chi connectivity index (χ4n) is 2.41. The van der Waals surface area contributed by atoms with Gasteiger partial charge in [0, 0.05) is 18.0 Å². The van der Waals surface area contributed by atoms with Crippen LogP contribution in [0.5, 0.6) is 0 Å². The molecule has 0 amide bonds. The summed E-state index contributed by atoms with van der Waals surface area (Å²) in [6.45, 7) is 2.20. The first-order chi connectivity index (χ1) is 11.7. The summed E-state index contributed by atoms with van der Waals surface area (Å²) in [6.07, 6.45) is 5.62. The number of thiophene rings is 1. The van der Waals surface area contributed by atoms with Crippen molar-refractivity contribution in [3.05, 3.63) is 59.7 Å². The van der Waals surface area contributed by atoms with Gasteiger partial charge >= 0.3 is 5.97 Å². The van der Waals surface area contributed by atoms with Crippen LogP contribution in [-0.4, -0.2) is 23.8 Å². The van der Waals surface area contributed by atoms with Gasteiger partial charge in [-0.15, -0.1) is 23.1 Å². The SMILES string of the molecule is CCOC(=O)c1sc(SC)cc1-c1ccc(-c2cccnc2)cc1. The Morgan fingerprint density at radius 3 is 2.54 bits per heavy atom. The second kappa shape index (κ2) is 7.64. The Kier molecular flexibility index (Phi) is 5.33. The highest BCUT2D eigenvalue weighted by Gasteiger charge is 2.18. The predicted molar refractivity (Wildman–Crippen MR) is 101 cm³/mol. The van der Waals surface area contributed by atoms with Gasteiger partial charge in [0.1, 0.15) is 4.88 Å². The van der Waals surface area contributed by atoms with Crippen LogP contribution in [0.25, 0.3) is 22.3 Å². The van der Waals surface area contributed by atoms with E-state index < -0.39 is 0 Å². The van der Waals surface area contributed by atoms with Gasteiger partial charge in [0.05, 0.1) is 10.8 Å². The number of carbonyl (C=O) groups excluding carboxylic acids is 1. The number of hydrogen-bond acceptors (Lipinski definition) is 5. The maximum atomic E-state index is 12.2. The van der Waals surface area contributed by atoms with E-state index in [0.29, 0.717) is 11.5 Å².